The third kappa shape index (κ3) is 6.90. The second kappa shape index (κ2) is 13.4. The Hall–Kier alpha value is -3.45. The Bertz CT molecular complexity index is 1290. The number of nitrogens with zero attached hydrogens (tertiary/aromatic N) is 1. The molecule has 0 saturated carbocycles. The first-order valence-electron chi connectivity index (χ1n) is 13.5. The summed E-state index contributed by atoms with van der Waals surface area (Å²) in [4.78, 5) is 4.50. The second-order valence-corrected chi connectivity index (χ2v) is 9.75. The third-order valence-corrected chi connectivity index (χ3v) is 7.18. The standard InChI is InChI=1S/C32H37N3O3/c1-36-32-8-3-2-6-27(32)23-37-18-5-19-38-28-13-11-25(12-14-28)29-15-17-33-22-31(29)35-21-24-9-10-26-7-4-16-34-30(26)20-24/h2-4,6-14,16,20,29,31,33,35H,5,15,17-19,21-23H2,1H3/t29-,31-/m0/s1. The van der Waals surface area contributed by atoms with Crippen LogP contribution in [0.5, 0.6) is 11.5 Å². The van der Waals surface area contributed by atoms with Crippen molar-refractivity contribution in [3.8, 4) is 11.5 Å². The van der Waals surface area contributed by atoms with Crippen LogP contribution in [0.1, 0.15) is 35.4 Å². The van der Waals surface area contributed by atoms with Gasteiger partial charge in [-0.2, -0.15) is 0 Å². The fourth-order valence-corrected chi connectivity index (χ4v) is 5.11. The Morgan fingerprint density at radius 1 is 0.974 bits per heavy atom. The van der Waals surface area contributed by atoms with Gasteiger partial charge in [0.1, 0.15) is 11.5 Å². The molecule has 0 bridgehead atoms. The molecule has 1 aliphatic rings. The van der Waals surface area contributed by atoms with Crippen LogP contribution in [0.3, 0.4) is 0 Å². The van der Waals surface area contributed by atoms with Gasteiger partial charge in [0.2, 0.25) is 0 Å². The maximum atomic E-state index is 5.97. The summed E-state index contributed by atoms with van der Waals surface area (Å²) in [6, 6.07) is 27.6. The largest absolute Gasteiger partial charge is 0.496 e. The van der Waals surface area contributed by atoms with Gasteiger partial charge < -0.3 is 24.8 Å². The molecule has 2 N–H and O–H groups in total. The summed E-state index contributed by atoms with van der Waals surface area (Å²) in [6.07, 6.45) is 3.80. The van der Waals surface area contributed by atoms with Crippen LogP contribution in [-0.4, -0.2) is 44.4 Å². The summed E-state index contributed by atoms with van der Waals surface area (Å²) in [6.45, 7) is 4.65. The number of hydrogen-bond donors (Lipinski definition) is 2. The van der Waals surface area contributed by atoms with E-state index in [4.69, 9.17) is 14.2 Å². The lowest BCUT2D eigenvalue weighted by atomic mass is 9.86. The quantitative estimate of drug-likeness (QED) is 0.246. The van der Waals surface area contributed by atoms with Gasteiger partial charge in [0.25, 0.3) is 0 Å². The van der Waals surface area contributed by atoms with E-state index in [1.165, 1.54) is 16.5 Å². The summed E-state index contributed by atoms with van der Waals surface area (Å²) in [5.74, 6) is 2.23. The van der Waals surface area contributed by atoms with Gasteiger partial charge in [0.05, 0.1) is 32.4 Å². The van der Waals surface area contributed by atoms with Crippen LogP contribution >= 0.6 is 0 Å². The van der Waals surface area contributed by atoms with Crippen LogP contribution < -0.4 is 20.1 Å². The molecule has 4 aromatic rings. The van der Waals surface area contributed by atoms with E-state index in [0.717, 1.165) is 55.1 Å². The minimum absolute atomic E-state index is 0.371. The highest BCUT2D eigenvalue weighted by molar-refractivity contribution is 5.78. The van der Waals surface area contributed by atoms with Gasteiger partial charge in [-0.05, 0) is 54.4 Å². The lowest BCUT2D eigenvalue weighted by Crippen LogP contribution is -2.47. The zero-order valence-corrected chi connectivity index (χ0v) is 22.1. The van der Waals surface area contributed by atoms with E-state index >= 15 is 0 Å². The van der Waals surface area contributed by atoms with Crippen molar-refractivity contribution in [3.63, 3.8) is 0 Å². The van der Waals surface area contributed by atoms with Gasteiger partial charge in [-0.1, -0.05) is 48.5 Å². The number of para-hydroxylation sites is 1. The van der Waals surface area contributed by atoms with Gasteiger partial charge in [-0.15, -0.1) is 0 Å². The predicted molar refractivity (Wildman–Crippen MR) is 152 cm³/mol. The topological polar surface area (TPSA) is 64.6 Å². The molecule has 1 aromatic heterocycles. The number of nitrogens with one attached hydrogen (secondary N) is 2. The Morgan fingerprint density at radius 2 is 1.87 bits per heavy atom. The number of ether oxygens (including phenoxy) is 3. The maximum Gasteiger partial charge on any atom is 0.124 e. The first-order valence-corrected chi connectivity index (χ1v) is 13.5. The Labute approximate surface area is 225 Å². The number of rotatable bonds is 12. The minimum Gasteiger partial charge on any atom is -0.496 e. The van der Waals surface area contributed by atoms with Gasteiger partial charge >= 0.3 is 0 Å². The van der Waals surface area contributed by atoms with Crippen LogP contribution in [0.2, 0.25) is 0 Å². The molecule has 0 spiro atoms. The van der Waals surface area contributed by atoms with E-state index < -0.39 is 0 Å². The molecule has 1 saturated heterocycles. The molecular weight excluding hydrogens is 474 g/mol. The smallest absolute Gasteiger partial charge is 0.124 e. The van der Waals surface area contributed by atoms with Crippen LogP contribution in [0.25, 0.3) is 10.9 Å². The molecule has 198 valence electrons. The molecule has 1 fully saturated rings. The highest BCUT2D eigenvalue weighted by Crippen LogP contribution is 2.28. The molecule has 3 aromatic carbocycles. The van der Waals surface area contributed by atoms with E-state index in [9.17, 15) is 0 Å². The van der Waals surface area contributed by atoms with Crippen molar-refractivity contribution < 1.29 is 14.2 Å². The van der Waals surface area contributed by atoms with Crippen LogP contribution in [0.15, 0.2) is 85.1 Å². The molecule has 5 rings (SSSR count). The number of methoxy groups -OCH3 is 1. The van der Waals surface area contributed by atoms with E-state index in [0.29, 0.717) is 31.8 Å². The fraction of sp³-hybridized carbons (Fsp3) is 0.344. The van der Waals surface area contributed by atoms with Gasteiger partial charge in [-0.25, -0.2) is 0 Å². The fourth-order valence-electron chi connectivity index (χ4n) is 5.11. The van der Waals surface area contributed by atoms with Crippen molar-refractivity contribution >= 4 is 10.9 Å². The van der Waals surface area contributed by atoms with Gasteiger partial charge in [-0.3, -0.25) is 4.98 Å². The lowest BCUT2D eigenvalue weighted by Gasteiger charge is -2.33. The predicted octanol–water partition coefficient (Wildman–Crippen LogP) is 5.46. The zero-order chi connectivity index (χ0) is 26.0. The van der Waals surface area contributed by atoms with Crippen molar-refractivity contribution in [2.75, 3.05) is 33.4 Å². The van der Waals surface area contributed by atoms with Crippen molar-refractivity contribution in [3.05, 3.63) is 102 Å². The molecule has 6 nitrogen and oxygen atoms in total. The van der Waals surface area contributed by atoms with Crippen molar-refractivity contribution in [2.24, 2.45) is 0 Å². The number of aromatic nitrogens is 1. The highest BCUT2D eigenvalue weighted by Gasteiger charge is 2.26. The maximum absolute atomic E-state index is 5.97. The van der Waals surface area contributed by atoms with E-state index in [-0.39, 0.29) is 0 Å². The molecule has 2 atom stereocenters. The Morgan fingerprint density at radius 3 is 2.76 bits per heavy atom. The summed E-state index contributed by atoms with van der Waals surface area (Å²) >= 11 is 0. The van der Waals surface area contributed by atoms with Crippen LogP contribution in [-0.2, 0) is 17.9 Å². The number of piperidine rings is 1. The molecule has 0 aliphatic carbocycles. The number of fused-ring (bicyclic) bond motifs is 1. The summed E-state index contributed by atoms with van der Waals surface area (Å²) in [7, 11) is 1.68. The lowest BCUT2D eigenvalue weighted by molar-refractivity contribution is 0.105. The number of pyridine rings is 1. The number of hydrogen-bond acceptors (Lipinski definition) is 6. The summed E-state index contributed by atoms with van der Waals surface area (Å²) < 4.78 is 17.2. The van der Waals surface area contributed by atoms with E-state index in [1.807, 2.05) is 36.5 Å². The molecule has 1 aliphatic heterocycles. The monoisotopic (exact) mass is 511 g/mol. The van der Waals surface area contributed by atoms with Gasteiger partial charge in [0, 0.05) is 48.6 Å². The first kappa shape index (κ1) is 26.2. The third-order valence-electron chi connectivity index (χ3n) is 7.18. The van der Waals surface area contributed by atoms with E-state index in [1.54, 1.807) is 7.11 Å². The summed E-state index contributed by atoms with van der Waals surface area (Å²) in [5.41, 5.74) is 4.73. The summed E-state index contributed by atoms with van der Waals surface area (Å²) in [5, 5.41) is 8.53. The van der Waals surface area contributed by atoms with Crippen LogP contribution in [0, 0.1) is 0 Å². The Balaban J connectivity index is 1.08. The normalized spacial score (nSPS) is 17.4. The van der Waals surface area contributed by atoms with E-state index in [2.05, 4.69) is 64.1 Å². The van der Waals surface area contributed by atoms with Crippen molar-refractivity contribution in [1.29, 1.82) is 0 Å². The molecule has 0 radical (unpaired) electrons. The molecule has 38 heavy (non-hydrogen) atoms. The Kier molecular flexibility index (Phi) is 9.21. The van der Waals surface area contributed by atoms with Crippen molar-refractivity contribution in [1.82, 2.24) is 15.6 Å². The molecule has 6 heteroatoms. The van der Waals surface area contributed by atoms with Crippen molar-refractivity contribution in [2.45, 2.75) is 38.0 Å². The minimum atomic E-state index is 0.371. The average molecular weight is 512 g/mol. The van der Waals surface area contributed by atoms with Crippen LogP contribution in [0.4, 0.5) is 0 Å². The molecule has 0 amide bonds. The average Bonchev–Trinajstić information content (AvgIpc) is 2.98. The number of benzene rings is 3. The zero-order valence-electron chi connectivity index (χ0n) is 22.1. The van der Waals surface area contributed by atoms with Gasteiger partial charge in [0.15, 0.2) is 0 Å². The molecule has 2 heterocycles. The first-order chi connectivity index (χ1) is 18.8. The second-order valence-electron chi connectivity index (χ2n) is 9.75. The molecule has 0 unspecified atom stereocenters. The highest BCUT2D eigenvalue weighted by atomic mass is 16.5. The molecular formula is C32H37N3O3. The SMILES string of the molecule is COc1ccccc1COCCCOc1ccc([C@@H]2CCNC[C@@H]2NCc2ccc3cccnc3c2)cc1.